The van der Waals surface area contributed by atoms with Crippen LogP contribution in [0, 0.1) is 18.8 Å². The molecule has 0 amide bonds. The Labute approximate surface area is 125 Å². The van der Waals surface area contributed by atoms with Gasteiger partial charge in [-0.3, -0.25) is 0 Å². The quantitative estimate of drug-likeness (QED) is 0.873. The van der Waals surface area contributed by atoms with Crippen molar-refractivity contribution < 1.29 is 4.74 Å². The van der Waals surface area contributed by atoms with Crippen LogP contribution in [0.3, 0.4) is 0 Å². The third-order valence-electron chi connectivity index (χ3n) is 2.95. The number of hydrogen-bond donors (Lipinski definition) is 1. The van der Waals surface area contributed by atoms with Crippen molar-refractivity contribution >= 4 is 0 Å². The van der Waals surface area contributed by atoms with Gasteiger partial charge in [0.1, 0.15) is 18.7 Å². The van der Waals surface area contributed by atoms with Crippen LogP contribution in [-0.2, 0) is 6.61 Å². The highest BCUT2D eigenvalue weighted by atomic mass is 16.5. The summed E-state index contributed by atoms with van der Waals surface area (Å²) >= 11 is 0. The topological polar surface area (TPSA) is 66.0 Å². The largest absolute Gasteiger partial charge is 0.484 e. The molecule has 5 nitrogen and oxygen atoms in total. The minimum atomic E-state index is 0.251. The number of benzene rings is 1. The zero-order valence-electron chi connectivity index (χ0n) is 12.6. The first-order valence-corrected chi connectivity index (χ1v) is 6.92. The van der Waals surface area contributed by atoms with Crippen LogP contribution in [0.1, 0.15) is 36.8 Å². The molecule has 0 aliphatic heterocycles. The van der Waals surface area contributed by atoms with Crippen molar-refractivity contribution in [3.8, 4) is 17.6 Å². The summed E-state index contributed by atoms with van der Waals surface area (Å²) in [6, 6.07) is 6.16. The highest BCUT2D eigenvalue weighted by Crippen LogP contribution is 2.20. The first-order chi connectivity index (χ1) is 10.1. The first-order valence-electron chi connectivity index (χ1n) is 6.92. The lowest BCUT2D eigenvalue weighted by Crippen LogP contribution is -2.11. The number of aromatic nitrogens is 3. The molecule has 0 spiro atoms. The fourth-order valence-corrected chi connectivity index (χ4v) is 1.96. The predicted molar refractivity (Wildman–Crippen MR) is 81.9 cm³/mol. The minimum Gasteiger partial charge on any atom is -0.484 e. The third kappa shape index (κ3) is 3.83. The van der Waals surface area contributed by atoms with Gasteiger partial charge in [0.25, 0.3) is 0 Å². The molecule has 0 bridgehead atoms. The Balaban J connectivity index is 2.18. The van der Waals surface area contributed by atoms with Gasteiger partial charge in [0.15, 0.2) is 5.82 Å². The van der Waals surface area contributed by atoms with Crippen LogP contribution < -0.4 is 10.5 Å². The fourth-order valence-electron chi connectivity index (χ4n) is 1.96. The van der Waals surface area contributed by atoms with E-state index < -0.39 is 0 Å². The Kier molecular flexibility index (Phi) is 4.96. The Hall–Kier alpha value is -2.32. The molecular weight excluding hydrogens is 264 g/mol. The molecule has 2 aromatic rings. The van der Waals surface area contributed by atoms with Crippen LogP contribution in [0.2, 0.25) is 0 Å². The Morgan fingerprint density at radius 1 is 1.38 bits per heavy atom. The molecule has 0 aliphatic carbocycles. The molecule has 5 heteroatoms. The molecule has 21 heavy (non-hydrogen) atoms. The summed E-state index contributed by atoms with van der Waals surface area (Å²) in [5, 5.41) is 4.20. The average Bonchev–Trinajstić information content (AvgIpc) is 2.92. The number of hydrogen-bond acceptors (Lipinski definition) is 4. The zero-order valence-corrected chi connectivity index (χ0v) is 12.6. The minimum absolute atomic E-state index is 0.251. The van der Waals surface area contributed by atoms with E-state index >= 15 is 0 Å². The third-order valence-corrected chi connectivity index (χ3v) is 2.95. The van der Waals surface area contributed by atoms with Crippen molar-refractivity contribution in [1.29, 1.82) is 0 Å². The molecule has 0 radical (unpaired) electrons. The van der Waals surface area contributed by atoms with E-state index in [1.165, 1.54) is 0 Å². The number of rotatable bonds is 4. The monoisotopic (exact) mass is 284 g/mol. The molecule has 0 saturated carbocycles. The van der Waals surface area contributed by atoms with E-state index in [9.17, 15) is 0 Å². The van der Waals surface area contributed by atoms with Crippen molar-refractivity contribution in [2.45, 2.75) is 33.4 Å². The van der Waals surface area contributed by atoms with Gasteiger partial charge in [-0.15, -0.1) is 0 Å². The van der Waals surface area contributed by atoms with E-state index in [1.54, 1.807) is 6.33 Å². The van der Waals surface area contributed by atoms with Gasteiger partial charge in [-0.25, -0.2) is 9.67 Å². The van der Waals surface area contributed by atoms with Gasteiger partial charge >= 0.3 is 0 Å². The molecule has 0 unspecified atom stereocenters. The SMILES string of the molecule is Cc1ccc(OCc2ncnn2C(C)C)c(C#CCN)c1. The van der Waals surface area contributed by atoms with Gasteiger partial charge < -0.3 is 10.5 Å². The maximum Gasteiger partial charge on any atom is 0.165 e. The van der Waals surface area contributed by atoms with Crippen molar-refractivity contribution in [2.75, 3.05) is 6.54 Å². The molecule has 1 heterocycles. The van der Waals surface area contributed by atoms with Crippen LogP contribution in [0.15, 0.2) is 24.5 Å². The van der Waals surface area contributed by atoms with E-state index in [1.807, 2.05) is 29.8 Å². The molecule has 0 aliphatic rings. The van der Waals surface area contributed by atoms with Crippen molar-refractivity contribution in [3.63, 3.8) is 0 Å². The van der Waals surface area contributed by atoms with E-state index in [0.29, 0.717) is 13.2 Å². The molecule has 1 aromatic carbocycles. The van der Waals surface area contributed by atoms with Crippen LogP contribution in [-0.4, -0.2) is 21.3 Å². The van der Waals surface area contributed by atoms with Crippen molar-refractivity contribution in [3.05, 3.63) is 41.5 Å². The van der Waals surface area contributed by atoms with Crippen molar-refractivity contribution in [1.82, 2.24) is 14.8 Å². The van der Waals surface area contributed by atoms with Crippen LogP contribution in [0.25, 0.3) is 0 Å². The van der Waals surface area contributed by atoms with Crippen LogP contribution in [0.5, 0.6) is 5.75 Å². The van der Waals surface area contributed by atoms with Crippen molar-refractivity contribution in [2.24, 2.45) is 5.73 Å². The standard InChI is InChI=1S/C16H20N4O/c1-12(2)20-16(18-11-19-20)10-21-15-7-6-13(3)9-14(15)5-4-8-17/h6-7,9,11-12H,8,10,17H2,1-3H3. The summed E-state index contributed by atoms with van der Waals surface area (Å²) in [6.07, 6.45) is 1.54. The summed E-state index contributed by atoms with van der Waals surface area (Å²) in [7, 11) is 0. The maximum absolute atomic E-state index is 5.86. The van der Waals surface area contributed by atoms with Gasteiger partial charge in [-0.2, -0.15) is 5.10 Å². The first kappa shape index (κ1) is 15.1. The summed E-state index contributed by atoms with van der Waals surface area (Å²) in [5.41, 5.74) is 7.41. The molecule has 110 valence electrons. The number of nitrogens with zero attached hydrogens (tertiary/aromatic N) is 3. The average molecular weight is 284 g/mol. The fraction of sp³-hybridized carbons (Fsp3) is 0.375. The molecule has 0 saturated heterocycles. The normalized spacial score (nSPS) is 10.3. The molecular formula is C16H20N4O. The van der Waals surface area contributed by atoms with Crippen LogP contribution >= 0.6 is 0 Å². The molecule has 2 rings (SSSR count). The van der Waals surface area contributed by atoms with E-state index in [0.717, 1.165) is 22.7 Å². The Bertz CT molecular complexity index is 664. The highest BCUT2D eigenvalue weighted by molar-refractivity contribution is 5.48. The number of nitrogens with two attached hydrogens (primary N) is 1. The summed E-state index contributed by atoms with van der Waals surface area (Å²) in [4.78, 5) is 4.23. The van der Waals surface area contributed by atoms with E-state index in [2.05, 4.69) is 35.8 Å². The summed E-state index contributed by atoms with van der Waals surface area (Å²) < 4.78 is 7.70. The second-order valence-electron chi connectivity index (χ2n) is 5.01. The van der Waals surface area contributed by atoms with E-state index in [-0.39, 0.29) is 6.04 Å². The number of aryl methyl sites for hydroxylation is 1. The Morgan fingerprint density at radius 2 is 2.19 bits per heavy atom. The maximum atomic E-state index is 5.86. The second kappa shape index (κ2) is 6.91. The summed E-state index contributed by atoms with van der Waals surface area (Å²) in [6.45, 7) is 6.82. The lowest BCUT2D eigenvalue weighted by Gasteiger charge is -2.11. The van der Waals surface area contributed by atoms with Gasteiger partial charge in [-0.1, -0.05) is 17.9 Å². The smallest absolute Gasteiger partial charge is 0.165 e. The Morgan fingerprint density at radius 3 is 2.90 bits per heavy atom. The van der Waals surface area contributed by atoms with Crippen LogP contribution in [0.4, 0.5) is 0 Å². The number of ether oxygens (including phenoxy) is 1. The van der Waals surface area contributed by atoms with E-state index in [4.69, 9.17) is 10.5 Å². The summed E-state index contributed by atoms with van der Waals surface area (Å²) in [5.74, 6) is 7.43. The van der Waals surface area contributed by atoms with Gasteiger partial charge in [-0.05, 0) is 38.5 Å². The molecule has 0 atom stereocenters. The zero-order chi connectivity index (χ0) is 15.2. The predicted octanol–water partition coefficient (Wildman–Crippen LogP) is 2.06. The highest BCUT2D eigenvalue weighted by Gasteiger charge is 2.09. The second-order valence-corrected chi connectivity index (χ2v) is 5.01. The molecule has 0 fully saturated rings. The van der Waals surface area contributed by atoms with Gasteiger partial charge in [0.2, 0.25) is 0 Å². The molecule has 2 N–H and O–H groups in total. The lowest BCUT2D eigenvalue weighted by molar-refractivity contribution is 0.281. The molecule has 1 aromatic heterocycles. The lowest BCUT2D eigenvalue weighted by atomic mass is 10.1. The van der Waals surface area contributed by atoms with Gasteiger partial charge in [0.05, 0.1) is 12.1 Å². The van der Waals surface area contributed by atoms with Gasteiger partial charge in [0, 0.05) is 6.04 Å².